The largest absolute Gasteiger partial charge is 0.493 e. The maximum absolute atomic E-state index is 13.3. The molecule has 0 bridgehead atoms. The Morgan fingerprint density at radius 1 is 0.733 bits per heavy atom. The van der Waals surface area contributed by atoms with Crippen molar-refractivity contribution in [1.29, 1.82) is 0 Å². The van der Waals surface area contributed by atoms with Gasteiger partial charge in [-0.2, -0.15) is 0 Å². The van der Waals surface area contributed by atoms with Crippen LogP contribution in [0, 0.1) is 17.8 Å². The number of carbonyl (C=O) groups is 4. The number of amides is 4. The van der Waals surface area contributed by atoms with Crippen molar-refractivity contribution in [3.05, 3.63) is 89.0 Å². The van der Waals surface area contributed by atoms with E-state index >= 15 is 0 Å². The molecule has 1 unspecified atom stereocenters. The van der Waals surface area contributed by atoms with Gasteiger partial charge in [-0.1, -0.05) is 38.1 Å². The van der Waals surface area contributed by atoms with Crippen LogP contribution in [-0.4, -0.2) is 127 Å². The monoisotopic (exact) mass is 839 g/mol. The zero-order chi connectivity index (χ0) is 42.0. The summed E-state index contributed by atoms with van der Waals surface area (Å²) in [6, 6.07) is 21.0. The van der Waals surface area contributed by atoms with Gasteiger partial charge in [-0.3, -0.25) is 29.4 Å². The van der Waals surface area contributed by atoms with Crippen LogP contribution in [0.5, 0.6) is 11.5 Å². The molecule has 5 aliphatic heterocycles. The number of hydrogen-bond donors (Lipinski definition) is 2. The smallest absolute Gasteiger partial charge is 0.262 e. The second-order valence-corrected chi connectivity index (χ2v) is 18.3. The molecule has 2 N–H and O–H groups in total. The fraction of sp³-hybridized carbons (Fsp3) is 0.532. The van der Waals surface area contributed by atoms with Crippen molar-refractivity contribution in [3.8, 4) is 11.5 Å². The quantitative estimate of drug-likeness (QED) is 0.153. The number of benzene rings is 3. The van der Waals surface area contributed by atoms with E-state index in [0.717, 1.165) is 87.3 Å². The number of piperidine rings is 3. The minimum Gasteiger partial charge on any atom is -0.493 e. The highest BCUT2D eigenvalue weighted by molar-refractivity contribution is 6.23. The number of nitrogens with one attached hydrogen (secondary N) is 1. The number of alkyl halides is 1. The number of likely N-dealkylation sites (tertiary alicyclic amines) is 2. The predicted octanol–water partition coefficient (Wildman–Crippen LogP) is 5.33. The molecular formula is C47H58ClN5O7. The fourth-order valence-corrected chi connectivity index (χ4v) is 9.68. The zero-order valence-corrected chi connectivity index (χ0v) is 35.6. The highest BCUT2D eigenvalue weighted by Gasteiger charge is 2.45. The lowest BCUT2D eigenvalue weighted by Gasteiger charge is -2.45. The number of carbonyl (C=O) groups excluding carboxylic acids is 4. The minimum atomic E-state index is -0.951. The third-order valence-electron chi connectivity index (χ3n) is 13.4. The second-order valence-electron chi connectivity index (χ2n) is 18.0. The van der Waals surface area contributed by atoms with E-state index in [1.54, 1.807) is 12.1 Å². The number of anilines is 1. The summed E-state index contributed by atoms with van der Waals surface area (Å²) in [5, 5.41) is 11.9. The maximum Gasteiger partial charge on any atom is 0.262 e. The number of ether oxygens (including phenoxy) is 2. The Kier molecular flexibility index (Phi) is 12.8. The van der Waals surface area contributed by atoms with Gasteiger partial charge in [0, 0.05) is 56.8 Å². The van der Waals surface area contributed by atoms with Crippen molar-refractivity contribution >= 4 is 40.9 Å². The van der Waals surface area contributed by atoms with Crippen LogP contribution in [0.1, 0.15) is 84.2 Å². The van der Waals surface area contributed by atoms with Crippen LogP contribution in [0.2, 0.25) is 0 Å². The van der Waals surface area contributed by atoms with Gasteiger partial charge in [0.1, 0.15) is 30.3 Å². The Morgan fingerprint density at radius 2 is 1.33 bits per heavy atom. The molecule has 3 aromatic rings. The second kappa shape index (κ2) is 18.2. The van der Waals surface area contributed by atoms with Gasteiger partial charge in [0.05, 0.1) is 23.6 Å². The van der Waals surface area contributed by atoms with E-state index in [9.17, 15) is 24.3 Å². The average Bonchev–Trinajstić information content (AvgIpc) is 3.49. The number of aliphatic hydroxyl groups is 1. The van der Waals surface area contributed by atoms with Gasteiger partial charge in [0.2, 0.25) is 11.8 Å². The molecule has 320 valence electrons. The number of rotatable bonds is 15. The lowest BCUT2D eigenvalue weighted by atomic mass is 9.78. The first-order valence-electron chi connectivity index (χ1n) is 21.7. The van der Waals surface area contributed by atoms with Gasteiger partial charge in [0.15, 0.2) is 0 Å². The molecule has 8 rings (SSSR count). The molecule has 0 aromatic heterocycles. The number of imide groups is 2. The average molecular weight is 840 g/mol. The third-order valence-corrected chi connectivity index (χ3v) is 13.8. The normalized spacial score (nSPS) is 21.8. The number of hydrogen-bond acceptors (Lipinski definition) is 10. The SMILES string of the molecule is CC(C)(c1ccc(OCC2CCN(CC3CN(CC4CCN(c5ccc6c(c5)C(=O)N(C5CCC(=O)NC5=O)C6=O)CC4)C3)CC2)cc1)c1ccc(OC[C@H](O)CCl)cc1. The first kappa shape index (κ1) is 42.2. The molecule has 4 fully saturated rings. The predicted molar refractivity (Wildman–Crippen MR) is 230 cm³/mol. The Morgan fingerprint density at radius 3 is 1.97 bits per heavy atom. The summed E-state index contributed by atoms with van der Waals surface area (Å²) < 4.78 is 11.9. The summed E-state index contributed by atoms with van der Waals surface area (Å²) >= 11 is 5.67. The van der Waals surface area contributed by atoms with Crippen molar-refractivity contribution in [2.24, 2.45) is 17.8 Å². The fourth-order valence-electron chi connectivity index (χ4n) is 9.59. The Bertz CT molecular complexity index is 2020. The summed E-state index contributed by atoms with van der Waals surface area (Å²) in [4.78, 5) is 59.1. The van der Waals surface area contributed by atoms with Gasteiger partial charge in [-0.25, -0.2) is 0 Å². The molecule has 0 saturated carbocycles. The van der Waals surface area contributed by atoms with E-state index in [4.69, 9.17) is 21.1 Å². The number of halogens is 1. The van der Waals surface area contributed by atoms with E-state index < -0.39 is 29.9 Å². The van der Waals surface area contributed by atoms with E-state index in [1.807, 2.05) is 18.2 Å². The molecule has 13 heteroatoms. The molecule has 0 spiro atoms. The molecule has 4 amide bonds. The van der Waals surface area contributed by atoms with Crippen molar-refractivity contribution in [1.82, 2.24) is 20.0 Å². The molecule has 5 aliphatic rings. The Hall–Kier alpha value is -4.49. The molecule has 2 atom stereocenters. The van der Waals surface area contributed by atoms with Crippen LogP contribution in [-0.2, 0) is 15.0 Å². The molecule has 4 saturated heterocycles. The summed E-state index contributed by atoms with van der Waals surface area (Å²) in [5.41, 5.74) is 3.79. The van der Waals surface area contributed by atoms with E-state index in [1.165, 1.54) is 30.8 Å². The van der Waals surface area contributed by atoms with Gasteiger partial charge in [-0.15, -0.1) is 11.6 Å². The number of aliphatic hydroxyl groups excluding tert-OH is 1. The van der Waals surface area contributed by atoms with Gasteiger partial charge in [0.25, 0.3) is 11.8 Å². The molecule has 60 heavy (non-hydrogen) atoms. The van der Waals surface area contributed by atoms with Crippen molar-refractivity contribution in [2.75, 3.05) is 76.4 Å². The highest BCUT2D eigenvalue weighted by atomic mass is 35.5. The van der Waals surface area contributed by atoms with Crippen LogP contribution in [0.3, 0.4) is 0 Å². The number of nitrogens with zero attached hydrogens (tertiary/aromatic N) is 4. The van der Waals surface area contributed by atoms with Crippen molar-refractivity contribution in [2.45, 2.75) is 69.9 Å². The lowest BCUT2D eigenvalue weighted by Crippen LogP contribution is -2.54. The molecule has 5 heterocycles. The maximum atomic E-state index is 13.3. The molecule has 0 aliphatic carbocycles. The van der Waals surface area contributed by atoms with Crippen LogP contribution in [0.15, 0.2) is 66.7 Å². The molecule has 12 nitrogen and oxygen atoms in total. The third kappa shape index (κ3) is 9.37. The molecular weight excluding hydrogens is 782 g/mol. The van der Waals surface area contributed by atoms with Gasteiger partial charge >= 0.3 is 0 Å². The van der Waals surface area contributed by atoms with Gasteiger partial charge < -0.3 is 29.3 Å². The van der Waals surface area contributed by atoms with Crippen LogP contribution in [0.4, 0.5) is 5.69 Å². The molecule has 0 radical (unpaired) electrons. The summed E-state index contributed by atoms with van der Waals surface area (Å²) in [6.45, 7) is 14.1. The van der Waals surface area contributed by atoms with Crippen LogP contribution >= 0.6 is 11.6 Å². The minimum absolute atomic E-state index is 0.108. The Balaban J connectivity index is 0.710. The Labute approximate surface area is 358 Å². The van der Waals surface area contributed by atoms with Crippen molar-refractivity contribution in [3.63, 3.8) is 0 Å². The first-order valence-corrected chi connectivity index (χ1v) is 22.2. The topological polar surface area (TPSA) is 132 Å². The summed E-state index contributed by atoms with van der Waals surface area (Å²) in [6.07, 6.45) is 4.08. The summed E-state index contributed by atoms with van der Waals surface area (Å²) in [7, 11) is 0. The number of fused-ring (bicyclic) bond motifs is 1. The lowest BCUT2D eigenvalue weighted by molar-refractivity contribution is -0.136. The van der Waals surface area contributed by atoms with Crippen LogP contribution < -0.4 is 19.7 Å². The van der Waals surface area contributed by atoms with E-state index in [0.29, 0.717) is 28.7 Å². The van der Waals surface area contributed by atoms with E-state index in [-0.39, 0.29) is 36.7 Å². The van der Waals surface area contributed by atoms with Crippen LogP contribution in [0.25, 0.3) is 0 Å². The highest BCUT2D eigenvalue weighted by Crippen LogP contribution is 2.35. The first-order chi connectivity index (χ1) is 28.9. The zero-order valence-electron chi connectivity index (χ0n) is 34.8. The standard InChI is InChI=1S/C47H58ClN5O7/c1-47(2,35-5-10-39(11-6-35)60-30-37(54)24-48)34-3-8-38(9-4-34)59-29-32-15-19-50(20-16-32)26-33-27-51(28-33)25-31-17-21-52(22-18-31)36-7-12-40-41(23-36)46(58)53(45(40)57)42-13-14-43(55)49-44(42)56/h3-12,23,31-33,37,42,54H,13-22,24-30H2,1-2H3,(H,49,55,56)/t37-,42?/m1/s1. The van der Waals surface area contributed by atoms with Gasteiger partial charge in [-0.05, 0) is 117 Å². The molecule has 3 aromatic carbocycles. The van der Waals surface area contributed by atoms with Crippen molar-refractivity contribution < 1.29 is 33.8 Å². The summed E-state index contributed by atoms with van der Waals surface area (Å²) in [5.74, 6) is 1.82. The van der Waals surface area contributed by atoms with E-state index in [2.05, 4.69) is 70.3 Å².